The summed E-state index contributed by atoms with van der Waals surface area (Å²) < 4.78 is 2.03. The van der Waals surface area contributed by atoms with Crippen molar-refractivity contribution < 1.29 is 4.79 Å². The van der Waals surface area contributed by atoms with Gasteiger partial charge in [0, 0.05) is 43.5 Å². The number of hydrogen-bond acceptors (Lipinski definition) is 3. The van der Waals surface area contributed by atoms with E-state index in [9.17, 15) is 4.79 Å². The van der Waals surface area contributed by atoms with Crippen molar-refractivity contribution in [3.8, 4) is 0 Å². The van der Waals surface area contributed by atoms with Gasteiger partial charge in [0.15, 0.2) is 0 Å². The van der Waals surface area contributed by atoms with Crippen LogP contribution in [0.3, 0.4) is 0 Å². The van der Waals surface area contributed by atoms with Crippen LogP contribution in [0.2, 0.25) is 0 Å². The lowest BCUT2D eigenvalue weighted by molar-refractivity contribution is -0.116. The highest BCUT2D eigenvalue weighted by Gasteiger charge is 2.16. The average Bonchev–Trinajstić information content (AvgIpc) is 3.11. The summed E-state index contributed by atoms with van der Waals surface area (Å²) in [4.78, 5) is 19.2. The van der Waals surface area contributed by atoms with E-state index < -0.39 is 0 Å². The molecule has 0 spiro atoms. The van der Waals surface area contributed by atoms with Crippen LogP contribution in [-0.4, -0.2) is 28.4 Å². The quantitative estimate of drug-likeness (QED) is 0.742. The molecule has 0 radical (unpaired) electrons. The SMILES string of the molecule is CC1CCN(c2ccc(NC(=O)CCc3ncc4ccccn34)cc2)CC1. The number of nitrogens with zero attached hydrogens (tertiary/aromatic N) is 3. The first-order chi connectivity index (χ1) is 13.2. The van der Waals surface area contributed by atoms with E-state index in [1.54, 1.807) is 0 Å². The van der Waals surface area contributed by atoms with E-state index in [-0.39, 0.29) is 5.91 Å². The lowest BCUT2D eigenvalue weighted by atomic mass is 9.99. The average molecular weight is 362 g/mol. The Morgan fingerprint density at radius 3 is 2.70 bits per heavy atom. The first-order valence-electron chi connectivity index (χ1n) is 9.75. The molecule has 1 saturated heterocycles. The number of hydrogen-bond donors (Lipinski definition) is 1. The van der Waals surface area contributed by atoms with Gasteiger partial charge in [-0.15, -0.1) is 0 Å². The highest BCUT2D eigenvalue weighted by Crippen LogP contribution is 2.24. The topological polar surface area (TPSA) is 49.6 Å². The van der Waals surface area contributed by atoms with Gasteiger partial charge >= 0.3 is 0 Å². The highest BCUT2D eigenvalue weighted by molar-refractivity contribution is 5.91. The number of nitrogens with one attached hydrogen (secondary N) is 1. The van der Waals surface area contributed by atoms with E-state index in [4.69, 9.17) is 0 Å². The Morgan fingerprint density at radius 2 is 1.93 bits per heavy atom. The summed E-state index contributed by atoms with van der Waals surface area (Å²) in [5, 5.41) is 3.00. The van der Waals surface area contributed by atoms with E-state index in [2.05, 4.69) is 34.3 Å². The normalized spacial score (nSPS) is 15.2. The third-order valence-electron chi connectivity index (χ3n) is 5.39. The van der Waals surface area contributed by atoms with Gasteiger partial charge in [0.1, 0.15) is 5.82 Å². The molecule has 1 aliphatic heterocycles. The van der Waals surface area contributed by atoms with Crippen LogP contribution in [0.25, 0.3) is 5.52 Å². The van der Waals surface area contributed by atoms with Crippen molar-refractivity contribution in [2.24, 2.45) is 5.92 Å². The van der Waals surface area contributed by atoms with Crippen molar-refractivity contribution in [1.82, 2.24) is 9.38 Å². The van der Waals surface area contributed by atoms with Crippen molar-refractivity contribution in [3.05, 3.63) is 60.7 Å². The molecule has 1 amide bonds. The molecule has 3 aromatic rings. The molecule has 1 aliphatic rings. The van der Waals surface area contributed by atoms with E-state index >= 15 is 0 Å². The van der Waals surface area contributed by atoms with Crippen LogP contribution in [-0.2, 0) is 11.2 Å². The molecule has 0 bridgehead atoms. The minimum absolute atomic E-state index is 0.0160. The fourth-order valence-corrected chi connectivity index (χ4v) is 3.66. The smallest absolute Gasteiger partial charge is 0.224 e. The van der Waals surface area contributed by atoms with E-state index in [0.717, 1.165) is 36.0 Å². The standard InChI is InChI=1S/C22H26N4O/c1-17-11-14-25(15-12-17)19-7-5-18(6-8-19)24-22(27)10-9-21-23-16-20-4-2-3-13-26(20)21/h2-8,13,16-17H,9-12,14-15H2,1H3,(H,24,27). The molecule has 1 aromatic carbocycles. The molecule has 27 heavy (non-hydrogen) atoms. The summed E-state index contributed by atoms with van der Waals surface area (Å²) in [6.45, 7) is 4.55. The Balaban J connectivity index is 1.31. The largest absolute Gasteiger partial charge is 0.372 e. The third kappa shape index (κ3) is 4.13. The van der Waals surface area contributed by atoms with Gasteiger partial charge < -0.3 is 14.6 Å². The molecular formula is C22H26N4O. The van der Waals surface area contributed by atoms with Gasteiger partial charge in [-0.1, -0.05) is 13.0 Å². The number of fused-ring (bicyclic) bond motifs is 1. The first-order valence-corrected chi connectivity index (χ1v) is 9.75. The fourth-order valence-electron chi connectivity index (χ4n) is 3.66. The zero-order valence-corrected chi connectivity index (χ0v) is 15.8. The van der Waals surface area contributed by atoms with Crippen LogP contribution >= 0.6 is 0 Å². The predicted octanol–water partition coefficient (Wildman–Crippen LogP) is 4.14. The Kier molecular flexibility index (Phi) is 5.10. The van der Waals surface area contributed by atoms with E-state index in [1.807, 2.05) is 47.1 Å². The molecule has 1 N–H and O–H groups in total. The molecular weight excluding hydrogens is 336 g/mol. The van der Waals surface area contributed by atoms with Crippen LogP contribution in [0.5, 0.6) is 0 Å². The Morgan fingerprint density at radius 1 is 1.15 bits per heavy atom. The van der Waals surface area contributed by atoms with Crippen LogP contribution in [0.1, 0.15) is 32.0 Å². The highest BCUT2D eigenvalue weighted by atomic mass is 16.1. The Hall–Kier alpha value is -2.82. The second-order valence-corrected chi connectivity index (χ2v) is 7.43. The van der Waals surface area contributed by atoms with E-state index in [1.165, 1.54) is 18.5 Å². The molecule has 140 valence electrons. The minimum atomic E-state index is 0.0160. The molecule has 0 aliphatic carbocycles. The van der Waals surface area contributed by atoms with Crippen LogP contribution in [0, 0.1) is 5.92 Å². The number of pyridine rings is 1. The van der Waals surface area contributed by atoms with Crippen LogP contribution in [0.4, 0.5) is 11.4 Å². The molecule has 0 unspecified atom stereocenters. The van der Waals surface area contributed by atoms with Crippen LogP contribution in [0.15, 0.2) is 54.9 Å². The molecule has 0 atom stereocenters. The number of carbonyl (C=O) groups is 1. The number of rotatable bonds is 5. The molecule has 5 heteroatoms. The molecule has 1 fully saturated rings. The summed E-state index contributed by atoms with van der Waals surface area (Å²) >= 11 is 0. The molecule has 0 saturated carbocycles. The van der Waals surface area contributed by atoms with Gasteiger partial charge in [0.25, 0.3) is 0 Å². The maximum absolute atomic E-state index is 12.3. The number of amides is 1. The fraction of sp³-hybridized carbons (Fsp3) is 0.364. The zero-order valence-electron chi connectivity index (χ0n) is 15.8. The maximum Gasteiger partial charge on any atom is 0.224 e. The number of piperidine rings is 1. The lowest BCUT2D eigenvalue weighted by Gasteiger charge is -2.32. The van der Waals surface area contributed by atoms with Crippen molar-refractivity contribution in [2.45, 2.75) is 32.6 Å². The number of anilines is 2. The molecule has 3 heterocycles. The zero-order chi connectivity index (χ0) is 18.6. The summed E-state index contributed by atoms with van der Waals surface area (Å²) in [5.74, 6) is 1.75. The Labute approximate surface area is 160 Å². The number of aryl methyl sites for hydroxylation is 1. The van der Waals surface area contributed by atoms with Gasteiger partial charge in [-0.05, 0) is 55.2 Å². The van der Waals surface area contributed by atoms with Gasteiger partial charge in [-0.3, -0.25) is 4.79 Å². The van der Waals surface area contributed by atoms with Gasteiger partial charge in [0.2, 0.25) is 5.91 Å². The predicted molar refractivity (Wildman–Crippen MR) is 109 cm³/mol. The van der Waals surface area contributed by atoms with Crippen LogP contribution < -0.4 is 10.2 Å². The van der Waals surface area contributed by atoms with Crippen molar-refractivity contribution in [2.75, 3.05) is 23.3 Å². The minimum Gasteiger partial charge on any atom is -0.372 e. The summed E-state index contributed by atoms with van der Waals surface area (Å²) in [6, 6.07) is 14.2. The van der Waals surface area contributed by atoms with Gasteiger partial charge in [-0.2, -0.15) is 0 Å². The van der Waals surface area contributed by atoms with Crippen molar-refractivity contribution in [3.63, 3.8) is 0 Å². The second kappa shape index (κ2) is 7.82. The number of carbonyl (C=O) groups excluding carboxylic acids is 1. The summed E-state index contributed by atoms with van der Waals surface area (Å²) in [7, 11) is 0. The summed E-state index contributed by atoms with van der Waals surface area (Å²) in [6.07, 6.45) is 7.36. The van der Waals surface area contributed by atoms with Crippen molar-refractivity contribution >= 4 is 22.8 Å². The Bertz CT molecular complexity index is 907. The first kappa shape index (κ1) is 17.6. The molecule has 5 nitrogen and oxygen atoms in total. The van der Waals surface area contributed by atoms with Gasteiger partial charge in [-0.25, -0.2) is 4.98 Å². The third-order valence-corrected chi connectivity index (χ3v) is 5.39. The maximum atomic E-state index is 12.3. The van der Waals surface area contributed by atoms with Crippen molar-refractivity contribution in [1.29, 1.82) is 0 Å². The number of imidazole rings is 1. The summed E-state index contributed by atoms with van der Waals surface area (Å²) in [5.41, 5.74) is 3.14. The molecule has 2 aromatic heterocycles. The monoisotopic (exact) mass is 362 g/mol. The second-order valence-electron chi connectivity index (χ2n) is 7.43. The van der Waals surface area contributed by atoms with E-state index in [0.29, 0.717) is 12.8 Å². The molecule has 4 rings (SSSR count). The van der Waals surface area contributed by atoms with Gasteiger partial charge in [0.05, 0.1) is 11.7 Å². The number of benzene rings is 1. The lowest BCUT2D eigenvalue weighted by Crippen LogP contribution is -2.32. The number of aromatic nitrogens is 2.